The lowest BCUT2D eigenvalue weighted by atomic mass is 10.0. The number of carbonyl (C=O) groups is 1. The Morgan fingerprint density at radius 3 is 2.77 bits per heavy atom. The molecule has 6 nitrogen and oxygen atoms in total. The van der Waals surface area contributed by atoms with Gasteiger partial charge in [0.2, 0.25) is 11.9 Å². The van der Waals surface area contributed by atoms with Crippen molar-refractivity contribution < 1.29 is 9.53 Å². The van der Waals surface area contributed by atoms with E-state index >= 15 is 0 Å². The maximum atomic E-state index is 12.8. The predicted molar refractivity (Wildman–Crippen MR) is 84.0 cm³/mol. The molecule has 1 aliphatic rings. The van der Waals surface area contributed by atoms with Crippen LogP contribution in [0.2, 0.25) is 0 Å². The van der Waals surface area contributed by atoms with Gasteiger partial charge in [-0.25, -0.2) is 9.97 Å². The van der Waals surface area contributed by atoms with Crippen molar-refractivity contribution in [3.05, 3.63) is 42.7 Å². The first-order valence-corrected chi connectivity index (χ1v) is 7.27. The lowest BCUT2D eigenvalue weighted by Crippen LogP contribution is -2.48. The van der Waals surface area contributed by atoms with Gasteiger partial charge in [0.1, 0.15) is 11.8 Å². The summed E-state index contributed by atoms with van der Waals surface area (Å²) in [5.41, 5.74) is 0.801. The minimum Gasteiger partial charge on any atom is -0.495 e. The number of ether oxygens (including phenoxy) is 1. The molecule has 1 aliphatic heterocycles. The summed E-state index contributed by atoms with van der Waals surface area (Å²) in [7, 11) is 1.61. The normalized spacial score (nSPS) is 18.1. The number of carbonyl (C=O) groups excluding carboxylic acids is 1. The first-order chi connectivity index (χ1) is 10.8. The van der Waals surface area contributed by atoms with E-state index < -0.39 is 0 Å². The molecule has 1 atom stereocenters. The first kappa shape index (κ1) is 14.3. The van der Waals surface area contributed by atoms with E-state index in [2.05, 4.69) is 15.3 Å². The van der Waals surface area contributed by atoms with E-state index in [4.69, 9.17) is 4.74 Å². The van der Waals surface area contributed by atoms with E-state index in [0.29, 0.717) is 18.2 Å². The molecule has 0 unspecified atom stereocenters. The average molecular weight is 298 g/mol. The van der Waals surface area contributed by atoms with Gasteiger partial charge in [-0.3, -0.25) is 4.79 Å². The van der Waals surface area contributed by atoms with E-state index in [0.717, 1.165) is 18.5 Å². The average Bonchev–Trinajstić information content (AvgIpc) is 2.58. The summed E-state index contributed by atoms with van der Waals surface area (Å²) in [5.74, 6) is 1.19. The maximum Gasteiger partial charge on any atom is 0.249 e. The van der Waals surface area contributed by atoms with Crippen molar-refractivity contribution in [3.8, 4) is 5.75 Å². The van der Waals surface area contributed by atoms with Crippen molar-refractivity contribution in [2.75, 3.05) is 23.9 Å². The number of nitrogens with zero attached hydrogens (tertiary/aromatic N) is 3. The van der Waals surface area contributed by atoms with E-state index in [1.165, 1.54) is 0 Å². The lowest BCUT2D eigenvalue weighted by Gasteiger charge is -2.33. The van der Waals surface area contributed by atoms with Gasteiger partial charge in [0.25, 0.3) is 0 Å². The Bertz CT molecular complexity index is 648. The van der Waals surface area contributed by atoms with Crippen LogP contribution in [0.4, 0.5) is 11.6 Å². The third-order valence-electron chi connectivity index (χ3n) is 3.68. The van der Waals surface area contributed by atoms with Gasteiger partial charge in [-0.15, -0.1) is 0 Å². The highest BCUT2D eigenvalue weighted by Crippen LogP contribution is 2.30. The van der Waals surface area contributed by atoms with Crippen molar-refractivity contribution >= 4 is 17.5 Å². The fourth-order valence-electron chi connectivity index (χ4n) is 2.63. The molecule has 0 bridgehead atoms. The predicted octanol–water partition coefficient (Wildman–Crippen LogP) is 2.09. The number of anilines is 2. The summed E-state index contributed by atoms with van der Waals surface area (Å²) in [6.45, 7) is 0.688. The Kier molecular flexibility index (Phi) is 4.18. The second-order valence-electron chi connectivity index (χ2n) is 5.07. The summed E-state index contributed by atoms with van der Waals surface area (Å²) in [5, 5.41) is 3.11. The number of para-hydroxylation sites is 2. The molecular formula is C16H18N4O2. The minimum atomic E-state index is -0.318. The van der Waals surface area contributed by atoms with Crippen LogP contribution < -0.4 is 15.0 Å². The molecule has 0 aliphatic carbocycles. The zero-order valence-corrected chi connectivity index (χ0v) is 12.4. The topological polar surface area (TPSA) is 67.3 Å². The summed E-state index contributed by atoms with van der Waals surface area (Å²) in [6.07, 6.45) is 4.98. The smallest absolute Gasteiger partial charge is 0.249 e. The van der Waals surface area contributed by atoms with Crippen LogP contribution in [-0.4, -0.2) is 35.6 Å². The molecule has 2 heterocycles. The molecule has 3 rings (SSSR count). The van der Waals surface area contributed by atoms with Gasteiger partial charge in [-0.05, 0) is 31.0 Å². The van der Waals surface area contributed by atoms with Crippen LogP contribution in [0.3, 0.4) is 0 Å². The van der Waals surface area contributed by atoms with E-state index in [9.17, 15) is 4.79 Å². The van der Waals surface area contributed by atoms with Gasteiger partial charge < -0.3 is 15.0 Å². The van der Waals surface area contributed by atoms with Crippen LogP contribution in [-0.2, 0) is 4.79 Å². The largest absolute Gasteiger partial charge is 0.495 e. The van der Waals surface area contributed by atoms with Crippen LogP contribution in [0, 0.1) is 0 Å². The highest BCUT2D eigenvalue weighted by atomic mass is 16.5. The molecule has 0 radical (unpaired) electrons. The number of aromatic nitrogens is 2. The molecule has 1 saturated heterocycles. The lowest BCUT2D eigenvalue weighted by molar-refractivity contribution is -0.120. The number of amides is 1. The summed E-state index contributed by atoms with van der Waals surface area (Å²) in [4.78, 5) is 22.8. The van der Waals surface area contributed by atoms with Crippen molar-refractivity contribution in [1.82, 2.24) is 9.97 Å². The van der Waals surface area contributed by atoms with Crippen LogP contribution in [0.15, 0.2) is 42.7 Å². The molecule has 1 amide bonds. The fourth-order valence-corrected chi connectivity index (χ4v) is 2.63. The zero-order chi connectivity index (χ0) is 15.4. The molecule has 1 aromatic carbocycles. The Hall–Kier alpha value is -2.63. The van der Waals surface area contributed by atoms with Crippen LogP contribution in [0.25, 0.3) is 0 Å². The minimum absolute atomic E-state index is 0.0169. The molecule has 0 spiro atoms. The number of nitrogens with one attached hydrogen (secondary N) is 1. The van der Waals surface area contributed by atoms with Gasteiger partial charge in [-0.2, -0.15) is 0 Å². The molecule has 0 saturated carbocycles. The molecule has 1 aromatic heterocycles. The molecule has 22 heavy (non-hydrogen) atoms. The van der Waals surface area contributed by atoms with Crippen LogP contribution >= 0.6 is 0 Å². The second-order valence-corrected chi connectivity index (χ2v) is 5.07. The third kappa shape index (κ3) is 2.86. The van der Waals surface area contributed by atoms with Gasteiger partial charge in [0.15, 0.2) is 0 Å². The van der Waals surface area contributed by atoms with Crippen molar-refractivity contribution in [1.29, 1.82) is 0 Å². The van der Waals surface area contributed by atoms with Gasteiger partial charge in [0.05, 0.1) is 12.8 Å². The molecule has 114 valence electrons. The standard InChI is InChI=1S/C16H18N4O2/c1-22-14-8-3-2-7-13(14)20-11-4-6-12(15(20)21)19-16-17-9-5-10-18-16/h2-3,5,7-10,12H,4,6,11H2,1H3,(H,17,18,19)/t12-/m0/s1. The van der Waals surface area contributed by atoms with E-state index in [-0.39, 0.29) is 11.9 Å². The number of hydrogen-bond donors (Lipinski definition) is 1. The van der Waals surface area contributed by atoms with Crippen LogP contribution in [0.1, 0.15) is 12.8 Å². The molecule has 6 heteroatoms. The second kappa shape index (κ2) is 6.43. The highest BCUT2D eigenvalue weighted by Gasteiger charge is 2.31. The third-order valence-corrected chi connectivity index (χ3v) is 3.68. The zero-order valence-electron chi connectivity index (χ0n) is 12.4. The number of benzene rings is 1. The number of hydrogen-bond acceptors (Lipinski definition) is 5. The molecule has 1 fully saturated rings. The molecule has 2 aromatic rings. The number of methoxy groups -OCH3 is 1. The van der Waals surface area contributed by atoms with E-state index in [1.807, 2.05) is 24.3 Å². The fraction of sp³-hybridized carbons (Fsp3) is 0.312. The SMILES string of the molecule is COc1ccccc1N1CCC[C@H](Nc2ncccn2)C1=O. The Morgan fingerprint density at radius 2 is 2.00 bits per heavy atom. The first-order valence-electron chi connectivity index (χ1n) is 7.27. The Morgan fingerprint density at radius 1 is 1.23 bits per heavy atom. The van der Waals surface area contributed by atoms with E-state index in [1.54, 1.807) is 30.5 Å². The van der Waals surface area contributed by atoms with Gasteiger partial charge >= 0.3 is 0 Å². The number of piperidine rings is 1. The molecular weight excluding hydrogens is 280 g/mol. The highest BCUT2D eigenvalue weighted by molar-refractivity contribution is 6.00. The Balaban J connectivity index is 1.81. The maximum absolute atomic E-state index is 12.8. The van der Waals surface area contributed by atoms with Gasteiger partial charge in [0, 0.05) is 18.9 Å². The number of rotatable bonds is 4. The van der Waals surface area contributed by atoms with Crippen molar-refractivity contribution in [2.45, 2.75) is 18.9 Å². The summed E-state index contributed by atoms with van der Waals surface area (Å²) >= 11 is 0. The van der Waals surface area contributed by atoms with Gasteiger partial charge in [-0.1, -0.05) is 12.1 Å². The summed E-state index contributed by atoms with van der Waals surface area (Å²) < 4.78 is 5.36. The monoisotopic (exact) mass is 298 g/mol. The quantitative estimate of drug-likeness (QED) is 0.936. The van der Waals surface area contributed by atoms with Crippen LogP contribution in [0.5, 0.6) is 5.75 Å². The van der Waals surface area contributed by atoms with Crippen molar-refractivity contribution in [2.24, 2.45) is 0 Å². The van der Waals surface area contributed by atoms with Crippen molar-refractivity contribution in [3.63, 3.8) is 0 Å². The Labute approximate surface area is 129 Å². The molecule has 1 N–H and O–H groups in total. The summed E-state index contributed by atoms with van der Waals surface area (Å²) in [6, 6.07) is 8.99.